The van der Waals surface area contributed by atoms with Gasteiger partial charge in [-0.15, -0.1) is 0 Å². The number of rotatable bonds is 3. The summed E-state index contributed by atoms with van der Waals surface area (Å²) in [5, 5.41) is 2.98. The summed E-state index contributed by atoms with van der Waals surface area (Å²) in [4.78, 5) is 36.1. The molecule has 1 aromatic heterocycles. The number of imide groups is 1. The van der Waals surface area contributed by atoms with Gasteiger partial charge in [0.15, 0.2) is 0 Å². The Morgan fingerprint density at radius 2 is 2.14 bits per heavy atom. The smallest absolute Gasteiger partial charge is 0.325 e. The van der Waals surface area contributed by atoms with Crippen molar-refractivity contribution in [2.24, 2.45) is 5.84 Å². The highest BCUT2D eigenvalue weighted by Gasteiger charge is 2.31. The molecule has 108 valence electrons. The summed E-state index contributed by atoms with van der Waals surface area (Å²) in [6.07, 6.45) is 0. The van der Waals surface area contributed by atoms with Crippen LogP contribution in [0.25, 0.3) is 11.0 Å². The number of fused-ring (bicyclic) bond motifs is 1. The number of nitrogen functional groups attached to an aromatic ring is 1. The molecule has 0 saturated carbocycles. The molecule has 21 heavy (non-hydrogen) atoms. The zero-order valence-corrected chi connectivity index (χ0v) is 10.9. The lowest BCUT2D eigenvalue weighted by atomic mass is 10.1. The van der Waals surface area contributed by atoms with Gasteiger partial charge < -0.3 is 9.73 Å². The molecule has 1 aromatic carbocycles. The molecule has 2 heterocycles. The molecule has 1 aliphatic heterocycles. The maximum absolute atomic E-state index is 11.9. The van der Waals surface area contributed by atoms with Crippen LogP contribution in [0, 0.1) is 0 Å². The van der Waals surface area contributed by atoms with Crippen molar-refractivity contribution in [3.8, 4) is 0 Å². The molecule has 3 rings (SSSR count). The van der Waals surface area contributed by atoms with Crippen molar-refractivity contribution in [1.82, 2.24) is 15.6 Å². The maximum atomic E-state index is 11.9. The number of carbonyl (C=O) groups excluding carboxylic acids is 3. The third-order valence-electron chi connectivity index (χ3n) is 3.27. The highest BCUT2D eigenvalue weighted by molar-refractivity contribution is 6.07. The van der Waals surface area contributed by atoms with E-state index in [9.17, 15) is 14.4 Å². The van der Waals surface area contributed by atoms with Crippen molar-refractivity contribution < 1.29 is 18.8 Å². The molecule has 0 radical (unpaired) electrons. The Hall–Kier alpha value is -2.87. The average Bonchev–Trinajstić information content (AvgIpc) is 3.01. The van der Waals surface area contributed by atoms with E-state index in [1.165, 1.54) is 0 Å². The van der Waals surface area contributed by atoms with Gasteiger partial charge in [0.05, 0.1) is 18.7 Å². The zero-order chi connectivity index (χ0) is 15.0. The number of nitrogens with two attached hydrogens (primary N) is 1. The molecule has 1 fully saturated rings. The number of para-hydroxylation sites is 1. The molecule has 2 aromatic rings. The highest BCUT2D eigenvalue weighted by atomic mass is 16.3. The molecule has 0 spiro atoms. The van der Waals surface area contributed by atoms with E-state index in [-0.39, 0.29) is 30.3 Å². The molecule has 0 atom stereocenters. The predicted octanol–water partition coefficient (Wildman–Crippen LogP) is 0.0881. The Morgan fingerprint density at radius 1 is 1.38 bits per heavy atom. The summed E-state index contributed by atoms with van der Waals surface area (Å²) in [6, 6.07) is 6.40. The fraction of sp³-hybridized carbons (Fsp3) is 0.154. The third kappa shape index (κ3) is 2.11. The molecule has 4 N–H and O–H groups in total. The Kier molecular flexibility index (Phi) is 3.07. The first-order valence-electron chi connectivity index (χ1n) is 6.21. The minimum atomic E-state index is -0.540. The Morgan fingerprint density at radius 3 is 2.81 bits per heavy atom. The quantitative estimate of drug-likeness (QED) is 0.320. The van der Waals surface area contributed by atoms with Crippen molar-refractivity contribution in [2.45, 2.75) is 6.54 Å². The van der Waals surface area contributed by atoms with Crippen LogP contribution in [-0.4, -0.2) is 29.3 Å². The van der Waals surface area contributed by atoms with Crippen LogP contribution in [0.3, 0.4) is 0 Å². The molecule has 1 aliphatic rings. The maximum Gasteiger partial charge on any atom is 0.325 e. The summed E-state index contributed by atoms with van der Waals surface area (Å²) in [5.74, 6) is 4.48. The van der Waals surface area contributed by atoms with E-state index in [0.29, 0.717) is 11.0 Å². The van der Waals surface area contributed by atoms with Gasteiger partial charge in [-0.25, -0.2) is 10.6 Å². The van der Waals surface area contributed by atoms with Gasteiger partial charge in [-0.3, -0.25) is 19.9 Å². The van der Waals surface area contributed by atoms with Crippen molar-refractivity contribution in [2.75, 3.05) is 6.54 Å². The molecule has 8 nitrogen and oxygen atoms in total. The standard InChI is InChI=1S/C13H12N4O4/c14-16-12(19)11-7-3-1-2-4-8(7)21-9(11)6-17-10(18)5-15-13(17)20/h1-4H,5-6,14H2,(H,15,20)(H,16,19). The number of urea groups is 1. The van der Waals surface area contributed by atoms with E-state index in [1.54, 1.807) is 24.3 Å². The number of benzene rings is 1. The molecule has 0 bridgehead atoms. The minimum Gasteiger partial charge on any atom is -0.458 e. The molecule has 0 aliphatic carbocycles. The van der Waals surface area contributed by atoms with Crippen LogP contribution in [0.1, 0.15) is 16.1 Å². The summed E-state index contributed by atoms with van der Waals surface area (Å²) >= 11 is 0. The first-order valence-corrected chi connectivity index (χ1v) is 6.21. The normalized spacial score (nSPS) is 14.6. The number of hydrogen-bond donors (Lipinski definition) is 3. The largest absolute Gasteiger partial charge is 0.458 e. The number of hydrazine groups is 1. The number of furan rings is 1. The van der Waals surface area contributed by atoms with Crippen molar-refractivity contribution >= 4 is 28.8 Å². The van der Waals surface area contributed by atoms with Gasteiger partial charge in [0.1, 0.15) is 11.3 Å². The van der Waals surface area contributed by atoms with Gasteiger partial charge in [0.25, 0.3) is 5.91 Å². The fourth-order valence-electron chi connectivity index (χ4n) is 2.29. The van der Waals surface area contributed by atoms with Crippen LogP contribution in [0.4, 0.5) is 4.79 Å². The van der Waals surface area contributed by atoms with Crippen molar-refractivity contribution in [3.63, 3.8) is 0 Å². The SMILES string of the molecule is NNC(=O)c1c(CN2C(=O)CNC2=O)oc2ccccc12. The van der Waals surface area contributed by atoms with E-state index in [2.05, 4.69) is 5.32 Å². The van der Waals surface area contributed by atoms with Gasteiger partial charge in [-0.05, 0) is 6.07 Å². The molecular formula is C13H12N4O4. The summed E-state index contributed by atoms with van der Waals surface area (Å²) in [7, 11) is 0. The van der Waals surface area contributed by atoms with E-state index in [0.717, 1.165) is 4.90 Å². The predicted molar refractivity (Wildman–Crippen MR) is 71.8 cm³/mol. The number of nitrogens with zero attached hydrogens (tertiary/aromatic N) is 1. The van der Waals surface area contributed by atoms with Crippen LogP contribution >= 0.6 is 0 Å². The Labute approximate surface area is 118 Å². The van der Waals surface area contributed by atoms with Crippen LogP contribution < -0.4 is 16.6 Å². The average molecular weight is 288 g/mol. The minimum absolute atomic E-state index is 0.0581. The number of nitrogens with one attached hydrogen (secondary N) is 2. The third-order valence-corrected chi connectivity index (χ3v) is 3.27. The van der Waals surface area contributed by atoms with E-state index in [4.69, 9.17) is 10.3 Å². The second-order valence-corrected chi connectivity index (χ2v) is 4.51. The zero-order valence-electron chi connectivity index (χ0n) is 10.9. The van der Waals surface area contributed by atoms with Crippen LogP contribution in [-0.2, 0) is 11.3 Å². The molecule has 1 saturated heterocycles. The summed E-state index contributed by atoms with van der Waals surface area (Å²) in [6.45, 7) is -0.181. The first-order chi connectivity index (χ1) is 10.1. The van der Waals surface area contributed by atoms with Crippen LogP contribution in [0.5, 0.6) is 0 Å². The number of amides is 4. The molecule has 4 amide bonds. The van der Waals surface area contributed by atoms with Gasteiger partial charge >= 0.3 is 6.03 Å². The topological polar surface area (TPSA) is 118 Å². The van der Waals surface area contributed by atoms with Gasteiger partial charge in [0, 0.05) is 5.39 Å². The lowest BCUT2D eigenvalue weighted by Crippen LogP contribution is -2.33. The van der Waals surface area contributed by atoms with Crippen LogP contribution in [0.2, 0.25) is 0 Å². The van der Waals surface area contributed by atoms with Gasteiger partial charge in [0.2, 0.25) is 5.91 Å². The van der Waals surface area contributed by atoms with Crippen molar-refractivity contribution in [3.05, 3.63) is 35.6 Å². The van der Waals surface area contributed by atoms with Gasteiger partial charge in [-0.1, -0.05) is 18.2 Å². The second-order valence-electron chi connectivity index (χ2n) is 4.51. The molecule has 0 unspecified atom stereocenters. The Bertz CT molecular complexity index is 736. The lowest BCUT2D eigenvalue weighted by molar-refractivity contribution is -0.125. The first kappa shape index (κ1) is 13.1. The summed E-state index contributed by atoms with van der Waals surface area (Å²) < 4.78 is 5.59. The summed E-state index contributed by atoms with van der Waals surface area (Å²) in [5.41, 5.74) is 2.75. The highest BCUT2D eigenvalue weighted by Crippen LogP contribution is 2.27. The monoisotopic (exact) mass is 288 g/mol. The van der Waals surface area contributed by atoms with E-state index in [1.807, 2.05) is 5.43 Å². The van der Waals surface area contributed by atoms with Gasteiger partial charge in [-0.2, -0.15) is 0 Å². The Balaban J connectivity index is 2.07. The molecular weight excluding hydrogens is 276 g/mol. The van der Waals surface area contributed by atoms with Crippen LogP contribution in [0.15, 0.2) is 28.7 Å². The van der Waals surface area contributed by atoms with Crippen molar-refractivity contribution in [1.29, 1.82) is 0 Å². The number of carbonyl (C=O) groups is 3. The van der Waals surface area contributed by atoms with E-state index < -0.39 is 11.9 Å². The number of hydrogen-bond acceptors (Lipinski definition) is 5. The molecule has 8 heteroatoms. The van der Waals surface area contributed by atoms with E-state index >= 15 is 0 Å². The lowest BCUT2D eigenvalue weighted by Gasteiger charge is -2.11. The second kappa shape index (κ2) is 4.91. The fourth-order valence-corrected chi connectivity index (χ4v) is 2.29.